The highest BCUT2D eigenvalue weighted by atomic mass is 16.2. The molecule has 2 heterocycles. The molecule has 2 aliphatic rings. The van der Waals surface area contributed by atoms with Crippen LogP contribution in [0, 0.1) is 0 Å². The summed E-state index contributed by atoms with van der Waals surface area (Å²) in [6.07, 6.45) is 7.90. The lowest BCUT2D eigenvalue weighted by Gasteiger charge is -2.34. The van der Waals surface area contributed by atoms with E-state index in [1.807, 2.05) is 17.0 Å². The largest absolute Gasteiger partial charge is 0.335 e. The molecular weight excluding hydrogens is 316 g/mol. The van der Waals surface area contributed by atoms with E-state index >= 15 is 0 Å². The van der Waals surface area contributed by atoms with Crippen LogP contribution in [0.1, 0.15) is 38.4 Å². The zero-order chi connectivity index (χ0) is 17.2. The second-order valence-corrected chi connectivity index (χ2v) is 6.51. The zero-order valence-electron chi connectivity index (χ0n) is 14.0. The van der Waals surface area contributed by atoms with Crippen LogP contribution in [0.4, 0.5) is 0 Å². The van der Waals surface area contributed by atoms with Crippen molar-refractivity contribution in [2.75, 3.05) is 26.2 Å². The van der Waals surface area contributed by atoms with Crippen LogP contribution in [-0.2, 0) is 12.8 Å². The lowest BCUT2D eigenvalue weighted by molar-refractivity contribution is 0.0532. The number of rotatable bonds is 2. The second-order valence-electron chi connectivity index (χ2n) is 6.51. The van der Waals surface area contributed by atoms with E-state index < -0.39 is 0 Å². The van der Waals surface area contributed by atoms with Crippen LogP contribution in [-0.4, -0.2) is 57.8 Å². The molecule has 128 valence electrons. The summed E-state index contributed by atoms with van der Waals surface area (Å²) in [6, 6.07) is 6.06. The first-order valence-electron chi connectivity index (χ1n) is 8.69. The Labute approximate surface area is 146 Å². The third-order valence-corrected chi connectivity index (χ3v) is 4.98. The van der Waals surface area contributed by atoms with Crippen molar-refractivity contribution in [2.45, 2.75) is 19.3 Å². The van der Waals surface area contributed by atoms with Crippen molar-refractivity contribution in [1.29, 1.82) is 0 Å². The van der Waals surface area contributed by atoms with Gasteiger partial charge in [-0.2, -0.15) is 0 Å². The lowest BCUT2D eigenvalue weighted by Crippen LogP contribution is -2.50. The van der Waals surface area contributed by atoms with Crippen LogP contribution in [0.25, 0.3) is 0 Å². The summed E-state index contributed by atoms with van der Waals surface area (Å²) in [4.78, 5) is 36.7. The smallest absolute Gasteiger partial charge is 0.274 e. The van der Waals surface area contributed by atoms with Gasteiger partial charge in [0.2, 0.25) is 0 Å². The Morgan fingerprint density at radius 1 is 0.880 bits per heavy atom. The number of aryl methyl sites for hydroxylation is 2. The van der Waals surface area contributed by atoms with E-state index in [1.54, 1.807) is 11.1 Å². The summed E-state index contributed by atoms with van der Waals surface area (Å²) in [6.45, 7) is 2.13. The Morgan fingerprint density at radius 2 is 1.60 bits per heavy atom. The highest BCUT2D eigenvalue weighted by molar-refractivity contribution is 5.95. The molecule has 0 N–H and O–H groups in total. The molecule has 0 spiro atoms. The number of benzene rings is 1. The summed E-state index contributed by atoms with van der Waals surface area (Å²) >= 11 is 0. The minimum atomic E-state index is -0.127. The molecule has 1 aromatic carbocycles. The van der Waals surface area contributed by atoms with Crippen molar-refractivity contribution in [3.05, 3.63) is 59.2 Å². The second kappa shape index (κ2) is 6.63. The maximum atomic E-state index is 12.7. The van der Waals surface area contributed by atoms with Crippen LogP contribution >= 0.6 is 0 Å². The van der Waals surface area contributed by atoms with Crippen molar-refractivity contribution in [3.8, 4) is 0 Å². The Hall–Kier alpha value is -2.76. The predicted molar refractivity (Wildman–Crippen MR) is 92.3 cm³/mol. The van der Waals surface area contributed by atoms with Crippen LogP contribution in [0.15, 0.2) is 36.8 Å². The number of amides is 2. The first kappa shape index (κ1) is 15.7. The normalized spacial score (nSPS) is 16.6. The molecule has 0 saturated carbocycles. The summed E-state index contributed by atoms with van der Waals surface area (Å²) in [5.41, 5.74) is 3.79. The van der Waals surface area contributed by atoms with Gasteiger partial charge >= 0.3 is 0 Å². The van der Waals surface area contributed by atoms with Gasteiger partial charge in [-0.3, -0.25) is 14.6 Å². The Morgan fingerprint density at radius 3 is 2.32 bits per heavy atom. The van der Waals surface area contributed by atoms with Crippen molar-refractivity contribution < 1.29 is 9.59 Å². The van der Waals surface area contributed by atoms with E-state index in [1.165, 1.54) is 29.9 Å². The SMILES string of the molecule is O=C(c1ccc2c(c1)CCC2)N1CCN(C(=O)c2cnccn2)CC1. The Kier molecular flexibility index (Phi) is 4.17. The number of hydrogen-bond acceptors (Lipinski definition) is 4. The molecule has 6 nitrogen and oxygen atoms in total. The predicted octanol–water partition coefficient (Wildman–Crippen LogP) is 1.56. The molecule has 1 fully saturated rings. The van der Waals surface area contributed by atoms with Gasteiger partial charge in [0, 0.05) is 44.1 Å². The van der Waals surface area contributed by atoms with Crippen molar-refractivity contribution in [1.82, 2.24) is 19.8 Å². The molecule has 1 aliphatic carbocycles. The van der Waals surface area contributed by atoms with E-state index in [0.29, 0.717) is 31.9 Å². The third-order valence-electron chi connectivity index (χ3n) is 4.98. The van der Waals surface area contributed by atoms with E-state index in [4.69, 9.17) is 0 Å². The van der Waals surface area contributed by atoms with E-state index in [2.05, 4.69) is 16.0 Å². The molecular formula is C19H20N4O2. The van der Waals surface area contributed by atoms with Crippen molar-refractivity contribution in [3.63, 3.8) is 0 Å². The van der Waals surface area contributed by atoms with Gasteiger partial charge in [-0.15, -0.1) is 0 Å². The molecule has 2 amide bonds. The minimum absolute atomic E-state index is 0.0568. The van der Waals surface area contributed by atoms with Crippen molar-refractivity contribution in [2.24, 2.45) is 0 Å². The fourth-order valence-corrected chi connectivity index (χ4v) is 3.57. The minimum Gasteiger partial charge on any atom is -0.335 e. The van der Waals surface area contributed by atoms with Gasteiger partial charge in [-0.05, 0) is 42.5 Å². The maximum absolute atomic E-state index is 12.7. The molecule has 25 heavy (non-hydrogen) atoms. The quantitative estimate of drug-likeness (QED) is 0.835. The van der Waals surface area contributed by atoms with Gasteiger partial charge in [0.1, 0.15) is 5.69 Å². The molecule has 2 aromatic rings. The highest BCUT2D eigenvalue weighted by Gasteiger charge is 2.26. The van der Waals surface area contributed by atoms with Gasteiger partial charge in [0.15, 0.2) is 0 Å². The maximum Gasteiger partial charge on any atom is 0.274 e. The first-order valence-corrected chi connectivity index (χ1v) is 8.69. The lowest BCUT2D eigenvalue weighted by atomic mass is 10.1. The zero-order valence-corrected chi connectivity index (χ0v) is 14.0. The number of fused-ring (bicyclic) bond motifs is 1. The fourth-order valence-electron chi connectivity index (χ4n) is 3.57. The van der Waals surface area contributed by atoms with Gasteiger partial charge < -0.3 is 9.80 Å². The van der Waals surface area contributed by atoms with Gasteiger partial charge in [0.25, 0.3) is 11.8 Å². The number of carbonyl (C=O) groups excluding carboxylic acids is 2. The van der Waals surface area contributed by atoms with E-state index in [9.17, 15) is 9.59 Å². The molecule has 1 aliphatic heterocycles. The number of aromatic nitrogens is 2. The number of hydrogen-bond donors (Lipinski definition) is 0. The van der Waals surface area contributed by atoms with Gasteiger partial charge in [0.05, 0.1) is 6.20 Å². The molecule has 1 aromatic heterocycles. The molecule has 0 atom stereocenters. The molecule has 1 saturated heterocycles. The molecule has 4 rings (SSSR count). The molecule has 0 radical (unpaired) electrons. The van der Waals surface area contributed by atoms with Crippen LogP contribution in [0.3, 0.4) is 0 Å². The summed E-state index contributed by atoms with van der Waals surface area (Å²) in [5.74, 6) is -0.0703. The monoisotopic (exact) mass is 336 g/mol. The van der Waals surface area contributed by atoms with Crippen molar-refractivity contribution >= 4 is 11.8 Å². The molecule has 0 unspecified atom stereocenters. The Balaban J connectivity index is 1.40. The number of carbonyl (C=O) groups is 2. The Bertz CT molecular complexity index is 798. The summed E-state index contributed by atoms with van der Waals surface area (Å²) in [5, 5.41) is 0. The van der Waals surface area contributed by atoms with Crippen LogP contribution < -0.4 is 0 Å². The standard InChI is InChI=1S/C19H20N4O2/c24-18(16-5-4-14-2-1-3-15(14)12-16)22-8-10-23(11-9-22)19(25)17-13-20-6-7-21-17/h4-7,12-13H,1-3,8-11H2. The van der Waals surface area contributed by atoms with Crippen LogP contribution in [0.2, 0.25) is 0 Å². The highest BCUT2D eigenvalue weighted by Crippen LogP contribution is 2.23. The number of piperazine rings is 1. The summed E-state index contributed by atoms with van der Waals surface area (Å²) in [7, 11) is 0. The van der Waals surface area contributed by atoms with Gasteiger partial charge in [-0.1, -0.05) is 6.07 Å². The topological polar surface area (TPSA) is 66.4 Å². The molecule has 0 bridgehead atoms. The van der Waals surface area contributed by atoms with E-state index in [-0.39, 0.29) is 11.8 Å². The van der Waals surface area contributed by atoms with Gasteiger partial charge in [-0.25, -0.2) is 4.98 Å². The fraction of sp³-hybridized carbons (Fsp3) is 0.368. The van der Waals surface area contributed by atoms with E-state index in [0.717, 1.165) is 18.4 Å². The molecule has 6 heteroatoms. The third kappa shape index (κ3) is 3.12. The number of nitrogens with zero attached hydrogens (tertiary/aromatic N) is 4. The first-order chi connectivity index (χ1) is 12.2. The summed E-state index contributed by atoms with van der Waals surface area (Å²) < 4.78 is 0. The average molecular weight is 336 g/mol. The average Bonchev–Trinajstić information content (AvgIpc) is 3.15. The van der Waals surface area contributed by atoms with Crippen LogP contribution in [0.5, 0.6) is 0 Å².